The fraction of sp³-hybridized carbons (Fsp3) is 0.192. The molecule has 10 aromatic rings. The molecule has 0 N–H and O–H groups in total. The number of hydrogen-bond acceptors (Lipinski definition) is 1. The smallest absolute Gasteiger partial charge is 0.218 e. The predicted molar refractivity (Wildman–Crippen MR) is 229 cm³/mol. The van der Waals surface area contributed by atoms with Crippen molar-refractivity contribution in [2.24, 2.45) is 5.41 Å². The summed E-state index contributed by atoms with van der Waals surface area (Å²) in [5, 5.41) is 7.38. The van der Waals surface area contributed by atoms with E-state index in [1.165, 1.54) is 88.1 Å². The third-order valence-corrected chi connectivity index (χ3v) is 12.9. The van der Waals surface area contributed by atoms with Crippen LogP contribution in [-0.4, -0.2) is 4.40 Å². The van der Waals surface area contributed by atoms with E-state index in [1.54, 1.807) is 0 Å². The summed E-state index contributed by atoms with van der Waals surface area (Å²) in [7, 11) is 0. The molecular weight excluding hydrogens is 683 g/mol. The molecule has 2 unspecified atom stereocenters. The molecule has 0 bridgehead atoms. The predicted octanol–water partition coefficient (Wildman–Crippen LogP) is 12.4. The summed E-state index contributed by atoms with van der Waals surface area (Å²) in [6.07, 6.45) is 8.50. The largest absolute Gasteiger partial charge is 0.455 e. The van der Waals surface area contributed by atoms with Crippen molar-refractivity contribution < 1.29 is 13.6 Å². The molecule has 0 radical (unpaired) electrons. The van der Waals surface area contributed by atoms with E-state index in [-0.39, 0.29) is 17.4 Å². The third-order valence-electron chi connectivity index (χ3n) is 12.9. The van der Waals surface area contributed by atoms with Crippen molar-refractivity contribution in [2.45, 2.75) is 58.4 Å². The Morgan fingerprint density at radius 2 is 1.52 bits per heavy atom. The highest BCUT2D eigenvalue weighted by atomic mass is 16.3. The van der Waals surface area contributed by atoms with Crippen LogP contribution in [0.15, 0.2) is 145 Å². The highest BCUT2D eigenvalue weighted by Crippen LogP contribution is 2.50. The first kappa shape index (κ1) is 32.0. The highest BCUT2D eigenvalue weighted by Gasteiger charge is 2.43. The molecule has 4 heteroatoms. The molecule has 12 rings (SSSR count). The topological polar surface area (TPSA) is 25.3 Å². The molecule has 4 nitrogen and oxygen atoms in total. The van der Waals surface area contributed by atoms with Gasteiger partial charge in [-0.1, -0.05) is 75.4 Å². The van der Waals surface area contributed by atoms with E-state index in [0.717, 1.165) is 42.5 Å². The number of fused-ring (bicyclic) bond motifs is 19. The standard InChI is InChI=1S/C52H43N3O/c1-31-25-45-35(21-20-33-13-5-6-14-34(33)43-17-11-12-23-53(31)43)38-29-47-40(27-39(38)46-26-32(22-24-54(45)46)30-52(2,3)4)41-28-42-36-15-8-10-19-48(36)56-51(42)49-37-16-7-9-18-44(37)55(47)50(41)49/h5-19,22-24,26-29,35,45H,1,20-21,25,30H2,2-4H3/q+2. The number of pyridine rings is 2. The van der Waals surface area contributed by atoms with Crippen LogP contribution in [0, 0.1) is 5.41 Å². The first-order valence-corrected chi connectivity index (χ1v) is 20.2. The van der Waals surface area contributed by atoms with Gasteiger partial charge in [-0.15, -0.1) is 0 Å². The summed E-state index contributed by atoms with van der Waals surface area (Å²) in [4.78, 5) is 0. The van der Waals surface area contributed by atoms with Gasteiger partial charge in [0.05, 0.1) is 33.9 Å². The zero-order valence-corrected chi connectivity index (χ0v) is 32.1. The number of hydrogen-bond donors (Lipinski definition) is 0. The van der Waals surface area contributed by atoms with Crippen molar-refractivity contribution in [2.75, 3.05) is 0 Å². The Kier molecular flexibility index (Phi) is 6.52. The number of aromatic nitrogens is 3. The van der Waals surface area contributed by atoms with Crippen molar-refractivity contribution in [3.05, 3.63) is 157 Å². The molecule has 2 aliphatic heterocycles. The van der Waals surface area contributed by atoms with Gasteiger partial charge in [-0.05, 0) is 90.4 Å². The van der Waals surface area contributed by atoms with Crippen LogP contribution in [-0.2, 0) is 12.8 Å². The molecule has 56 heavy (non-hydrogen) atoms. The Bertz CT molecular complexity index is 3280. The van der Waals surface area contributed by atoms with E-state index in [4.69, 9.17) is 11.0 Å². The van der Waals surface area contributed by atoms with Crippen molar-refractivity contribution >= 4 is 65.7 Å². The lowest BCUT2D eigenvalue weighted by Crippen LogP contribution is -2.49. The molecule has 0 spiro atoms. The van der Waals surface area contributed by atoms with E-state index < -0.39 is 0 Å². The Morgan fingerprint density at radius 3 is 2.41 bits per heavy atom. The van der Waals surface area contributed by atoms with Gasteiger partial charge in [0.1, 0.15) is 11.2 Å². The highest BCUT2D eigenvalue weighted by molar-refractivity contribution is 6.33. The maximum absolute atomic E-state index is 6.72. The van der Waals surface area contributed by atoms with Crippen molar-refractivity contribution in [1.82, 2.24) is 4.40 Å². The average Bonchev–Trinajstić information content (AvgIpc) is 3.85. The van der Waals surface area contributed by atoms with Crippen LogP contribution in [0.3, 0.4) is 0 Å². The first-order valence-electron chi connectivity index (χ1n) is 20.2. The Labute approximate surface area is 325 Å². The molecule has 0 aliphatic carbocycles. The average molecular weight is 726 g/mol. The van der Waals surface area contributed by atoms with Crippen LogP contribution in [0.2, 0.25) is 0 Å². The van der Waals surface area contributed by atoms with Gasteiger partial charge in [0.15, 0.2) is 24.1 Å². The van der Waals surface area contributed by atoms with Crippen LogP contribution in [0.5, 0.6) is 0 Å². The lowest BCUT2D eigenvalue weighted by Gasteiger charge is -2.32. The number of allylic oxidation sites excluding steroid dienone is 1. The van der Waals surface area contributed by atoms with Crippen LogP contribution in [0.1, 0.15) is 62.3 Å². The quantitative estimate of drug-likeness (QED) is 0.155. The van der Waals surface area contributed by atoms with E-state index >= 15 is 0 Å². The van der Waals surface area contributed by atoms with Crippen molar-refractivity contribution in [3.8, 4) is 22.5 Å². The van der Waals surface area contributed by atoms with Gasteiger partial charge in [-0.2, -0.15) is 9.13 Å². The lowest BCUT2D eigenvalue weighted by molar-refractivity contribution is -0.720. The van der Waals surface area contributed by atoms with Gasteiger partial charge in [0.25, 0.3) is 0 Å². The summed E-state index contributed by atoms with van der Waals surface area (Å²) in [6, 6.07) is 45.5. The molecule has 0 amide bonds. The molecule has 7 heterocycles. The molecule has 270 valence electrons. The number of para-hydroxylation sites is 2. The van der Waals surface area contributed by atoms with Crippen LogP contribution >= 0.6 is 0 Å². The summed E-state index contributed by atoms with van der Waals surface area (Å²) in [6.45, 7) is 11.8. The van der Waals surface area contributed by atoms with Gasteiger partial charge in [0.2, 0.25) is 11.4 Å². The molecule has 2 aliphatic rings. The zero-order chi connectivity index (χ0) is 37.4. The fourth-order valence-corrected chi connectivity index (χ4v) is 10.7. The van der Waals surface area contributed by atoms with Gasteiger partial charge in [0, 0.05) is 62.7 Å². The second kappa shape index (κ2) is 11.4. The molecule has 0 fully saturated rings. The number of aryl methyl sites for hydroxylation is 1. The lowest BCUT2D eigenvalue weighted by atomic mass is 9.76. The van der Waals surface area contributed by atoms with Gasteiger partial charge >= 0.3 is 0 Å². The number of nitrogens with zero attached hydrogens (tertiary/aromatic N) is 3. The van der Waals surface area contributed by atoms with Gasteiger partial charge in [-0.3, -0.25) is 0 Å². The summed E-state index contributed by atoms with van der Waals surface area (Å²) < 4.78 is 14.2. The minimum absolute atomic E-state index is 0.175. The monoisotopic (exact) mass is 725 g/mol. The van der Waals surface area contributed by atoms with Gasteiger partial charge in [-0.25, -0.2) is 0 Å². The van der Waals surface area contributed by atoms with Crippen molar-refractivity contribution in [1.29, 1.82) is 0 Å². The molecule has 5 aromatic heterocycles. The second-order valence-corrected chi connectivity index (χ2v) is 17.6. The normalized spacial score (nSPS) is 17.1. The Morgan fingerprint density at radius 1 is 0.714 bits per heavy atom. The second-order valence-electron chi connectivity index (χ2n) is 17.6. The molecular formula is C52H43N3O+2. The Balaban J connectivity index is 1.17. The van der Waals surface area contributed by atoms with Crippen LogP contribution < -0.4 is 9.13 Å². The number of rotatable bonds is 1. The van der Waals surface area contributed by atoms with Gasteiger partial charge < -0.3 is 8.82 Å². The van der Waals surface area contributed by atoms with Crippen LogP contribution in [0.25, 0.3) is 88.2 Å². The van der Waals surface area contributed by atoms with E-state index in [9.17, 15) is 0 Å². The molecule has 0 saturated heterocycles. The maximum Gasteiger partial charge on any atom is 0.218 e. The van der Waals surface area contributed by atoms with Crippen molar-refractivity contribution in [3.63, 3.8) is 0 Å². The minimum atomic E-state index is 0.175. The molecule has 0 saturated carbocycles. The molecule has 5 aromatic carbocycles. The maximum atomic E-state index is 6.72. The zero-order valence-electron chi connectivity index (χ0n) is 32.1. The first-order chi connectivity index (χ1) is 27.3. The van der Waals surface area contributed by atoms with E-state index in [0.29, 0.717) is 0 Å². The van der Waals surface area contributed by atoms with Crippen LogP contribution in [0.4, 0.5) is 0 Å². The number of benzene rings is 5. The summed E-state index contributed by atoms with van der Waals surface area (Å²) in [5.41, 5.74) is 16.3. The molecule has 2 atom stereocenters. The summed E-state index contributed by atoms with van der Waals surface area (Å²) in [5.74, 6) is 0.276. The number of furan rings is 1. The third kappa shape index (κ3) is 4.47. The fourth-order valence-electron chi connectivity index (χ4n) is 10.7. The van der Waals surface area contributed by atoms with E-state index in [1.807, 2.05) is 0 Å². The minimum Gasteiger partial charge on any atom is -0.455 e. The SMILES string of the molecule is C=C1CC2C(CCc3ccccc3-c3cccc[n+]31)c1cc3c(cc1-c1cc(CC(C)(C)C)cc[n+]12)c1cc2c4ccccc4oc2c2c4ccccc4n3c12. The summed E-state index contributed by atoms with van der Waals surface area (Å²) >= 11 is 0. The Hall–Kier alpha value is -6.26. The van der Waals surface area contributed by atoms with E-state index in [2.05, 4.69) is 168 Å².